The van der Waals surface area contributed by atoms with Crippen LogP contribution in [0.4, 0.5) is 5.82 Å². The number of anilines is 1. The molecule has 6 nitrogen and oxygen atoms in total. The molecule has 2 heterocycles. The Kier molecular flexibility index (Phi) is 3.98. The molecule has 0 aliphatic heterocycles. The lowest BCUT2D eigenvalue weighted by Crippen LogP contribution is -2.12. The summed E-state index contributed by atoms with van der Waals surface area (Å²) in [5, 5.41) is 9.09. The van der Waals surface area contributed by atoms with Crippen LogP contribution < -0.4 is 4.72 Å². The zero-order valence-electron chi connectivity index (χ0n) is 10.1. The lowest BCUT2D eigenvalue weighted by molar-refractivity contribution is 0.0701. The largest absolute Gasteiger partial charge is 0.477 e. The number of pyridine rings is 1. The van der Waals surface area contributed by atoms with Gasteiger partial charge in [0, 0.05) is 0 Å². The van der Waals surface area contributed by atoms with Crippen molar-refractivity contribution >= 4 is 44.7 Å². The third-order valence-electron chi connectivity index (χ3n) is 2.31. The number of aryl methyl sites for hydroxylation is 1. The third-order valence-corrected chi connectivity index (χ3v) is 5.57. The summed E-state index contributed by atoms with van der Waals surface area (Å²) in [6, 6.07) is 5.82. The summed E-state index contributed by atoms with van der Waals surface area (Å²) < 4.78 is 26.4. The summed E-state index contributed by atoms with van der Waals surface area (Å²) in [6.07, 6.45) is 0. The Labute approximate surface area is 124 Å². The predicted molar refractivity (Wildman–Crippen MR) is 76.1 cm³/mol. The molecule has 2 aromatic heterocycles. The molecule has 0 aliphatic carbocycles. The number of hydrogen-bond donors (Lipinski definition) is 2. The second kappa shape index (κ2) is 5.39. The van der Waals surface area contributed by atoms with Crippen molar-refractivity contribution in [3.05, 3.63) is 39.9 Å². The number of sulfonamides is 1. The highest BCUT2D eigenvalue weighted by atomic mass is 35.5. The molecule has 0 bridgehead atoms. The highest BCUT2D eigenvalue weighted by Crippen LogP contribution is 2.27. The average molecular weight is 333 g/mol. The van der Waals surface area contributed by atoms with Crippen molar-refractivity contribution in [1.82, 2.24) is 4.98 Å². The van der Waals surface area contributed by atoms with E-state index in [0.717, 1.165) is 0 Å². The van der Waals surface area contributed by atoms with Crippen LogP contribution in [0.25, 0.3) is 0 Å². The van der Waals surface area contributed by atoms with Gasteiger partial charge in [-0.05, 0) is 30.7 Å². The van der Waals surface area contributed by atoms with Crippen molar-refractivity contribution < 1.29 is 18.3 Å². The number of halogens is 1. The van der Waals surface area contributed by atoms with Gasteiger partial charge in [0.25, 0.3) is 10.0 Å². The summed E-state index contributed by atoms with van der Waals surface area (Å²) in [5.41, 5.74) is 0.391. The Morgan fingerprint density at radius 1 is 1.45 bits per heavy atom. The molecule has 0 unspecified atom stereocenters. The average Bonchev–Trinajstić information content (AvgIpc) is 2.71. The van der Waals surface area contributed by atoms with Crippen LogP contribution in [0.1, 0.15) is 15.2 Å². The lowest BCUT2D eigenvalue weighted by atomic mass is 10.3. The molecule has 0 aromatic carbocycles. The smallest absolute Gasteiger partial charge is 0.346 e. The Morgan fingerprint density at radius 3 is 2.70 bits per heavy atom. The molecule has 0 aliphatic rings. The Balaban J connectivity index is 2.36. The molecular weight excluding hydrogens is 324 g/mol. The van der Waals surface area contributed by atoms with Gasteiger partial charge in [0.15, 0.2) is 0 Å². The molecule has 0 radical (unpaired) electrons. The van der Waals surface area contributed by atoms with Gasteiger partial charge in [-0.2, -0.15) is 0 Å². The Bertz CT molecular complexity index is 770. The molecule has 20 heavy (non-hydrogen) atoms. The number of aromatic nitrogens is 1. The number of rotatable bonds is 4. The van der Waals surface area contributed by atoms with Crippen LogP contribution in [0, 0.1) is 6.92 Å². The number of carbonyl (C=O) groups is 1. The maximum atomic E-state index is 12.1. The van der Waals surface area contributed by atoms with E-state index >= 15 is 0 Å². The van der Waals surface area contributed by atoms with Gasteiger partial charge in [-0.25, -0.2) is 18.2 Å². The fourth-order valence-corrected chi connectivity index (χ4v) is 3.99. The van der Waals surface area contributed by atoms with Crippen LogP contribution >= 0.6 is 22.9 Å². The van der Waals surface area contributed by atoms with E-state index in [2.05, 4.69) is 9.71 Å². The molecule has 106 valence electrons. The van der Waals surface area contributed by atoms with E-state index in [1.807, 2.05) is 0 Å². The van der Waals surface area contributed by atoms with Gasteiger partial charge >= 0.3 is 5.97 Å². The van der Waals surface area contributed by atoms with Crippen LogP contribution in [0.3, 0.4) is 0 Å². The quantitative estimate of drug-likeness (QED) is 0.839. The number of nitrogens with zero attached hydrogens (tertiary/aromatic N) is 1. The fourth-order valence-electron chi connectivity index (χ4n) is 1.45. The topological polar surface area (TPSA) is 96.4 Å². The molecule has 2 N–H and O–H groups in total. The number of hydrogen-bond acceptors (Lipinski definition) is 5. The van der Waals surface area contributed by atoms with Gasteiger partial charge in [0.2, 0.25) is 0 Å². The van der Waals surface area contributed by atoms with Crippen molar-refractivity contribution in [2.24, 2.45) is 0 Å². The molecule has 2 rings (SSSR count). The zero-order valence-corrected chi connectivity index (χ0v) is 12.5. The number of thiophene rings is 1. The second-order valence-corrected chi connectivity index (χ2v) is 7.18. The first-order valence-corrected chi connectivity index (χ1v) is 7.96. The van der Waals surface area contributed by atoms with Crippen LogP contribution in [0.2, 0.25) is 5.15 Å². The number of carboxylic acid groups (broad SMARTS) is 1. The first-order chi connectivity index (χ1) is 9.29. The number of carboxylic acids is 1. The van der Waals surface area contributed by atoms with E-state index in [0.29, 0.717) is 16.9 Å². The minimum Gasteiger partial charge on any atom is -0.477 e. The summed E-state index contributed by atoms with van der Waals surface area (Å²) in [4.78, 5) is 14.7. The minimum absolute atomic E-state index is 0.00979. The second-order valence-electron chi connectivity index (χ2n) is 3.83. The van der Waals surface area contributed by atoms with Gasteiger partial charge in [0.05, 0.1) is 0 Å². The molecule has 0 atom stereocenters. The molecule has 0 saturated carbocycles. The van der Waals surface area contributed by atoms with Gasteiger partial charge in [0.1, 0.15) is 20.1 Å². The standard InChI is InChI=1S/C11H9ClN2O4S2/c1-6-5-9(19-10(6)11(15)16)20(17,18)14-8-4-2-3-7(12)13-8/h2-5H,1H3,(H,13,14)(H,15,16). The summed E-state index contributed by atoms with van der Waals surface area (Å²) >= 11 is 6.36. The Morgan fingerprint density at radius 2 is 2.15 bits per heavy atom. The van der Waals surface area contributed by atoms with E-state index in [1.54, 1.807) is 6.07 Å². The maximum absolute atomic E-state index is 12.1. The van der Waals surface area contributed by atoms with Crippen LogP contribution in [0.15, 0.2) is 28.5 Å². The van der Waals surface area contributed by atoms with Crippen LogP contribution in [-0.2, 0) is 10.0 Å². The van der Waals surface area contributed by atoms with Crippen molar-refractivity contribution in [1.29, 1.82) is 0 Å². The molecule has 0 spiro atoms. The van der Waals surface area contributed by atoms with Gasteiger partial charge < -0.3 is 5.11 Å². The summed E-state index contributed by atoms with van der Waals surface area (Å²) in [5.74, 6) is -1.09. The van der Waals surface area contributed by atoms with Crippen LogP contribution in [0.5, 0.6) is 0 Å². The predicted octanol–water partition coefficient (Wildman–Crippen LogP) is 2.60. The van der Waals surface area contributed by atoms with Gasteiger partial charge in [-0.15, -0.1) is 11.3 Å². The zero-order chi connectivity index (χ0) is 14.9. The van der Waals surface area contributed by atoms with Crippen molar-refractivity contribution in [2.45, 2.75) is 11.1 Å². The minimum atomic E-state index is -3.88. The first-order valence-electron chi connectivity index (χ1n) is 5.29. The molecule has 0 fully saturated rings. The highest BCUT2D eigenvalue weighted by molar-refractivity contribution is 7.94. The van der Waals surface area contributed by atoms with E-state index in [-0.39, 0.29) is 20.1 Å². The number of nitrogens with one attached hydrogen (secondary N) is 1. The fraction of sp³-hybridized carbons (Fsp3) is 0.0909. The molecule has 9 heteroatoms. The SMILES string of the molecule is Cc1cc(S(=O)(=O)Nc2cccc(Cl)n2)sc1C(=O)O. The lowest BCUT2D eigenvalue weighted by Gasteiger charge is -2.04. The van der Waals surface area contributed by atoms with Crippen molar-refractivity contribution in [2.75, 3.05) is 4.72 Å². The normalized spacial score (nSPS) is 11.3. The molecule has 0 saturated heterocycles. The number of aromatic carboxylic acids is 1. The molecule has 0 amide bonds. The highest BCUT2D eigenvalue weighted by Gasteiger charge is 2.22. The van der Waals surface area contributed by atoms with Crippen molar-refractivity contribution in [3.63, 3.8) is 0 Å². The monoisotopic (exact) mass is 332 g/mol. The van der Waals surface area contributed by atoms with E-state index < -0.39 is 16.0 Å². The summed E-state index contributed by atoms with van der Waals surface area (Å²) in [6.45, 7) is 1.54. The van der Waals surface area contributed by atoms with E-state index in [1.165, 1.54) is 25.1 Å². The Hall–Kier alpha value is -1.64. The van der Waals surface area contributed by atoms with Crippen LogP contribution in [-0.4, -0.2) is 24.5 Å². The van der Waals surface area contributed by atoms with E-state index in [9.17, 15) is 13.2 Å². The van der Waals surface area contributed by atoms with E-state index in [4.69, 9.17) is 16.7 Å². The third kappa shape index (κ3) is 3.09. The van der Waals surface area contributed by atoms with Crippen molar-refractivity contribution in [3.8, 4) is 0 Å². The maximum Gasteiger partial charge on any atom is 0.346 e. The van der Waals surface area contributed by atoms with Gasteiger partial charge in [-0.1, -0.05) is 17.7 Å². The summed E-state index contributed by atoms with van der Waals surface area (Å²) in [7, 11) is -3.88. The first kappa shape index (κ1) is 14.8. The molecular formula is C11H9ClN2O4S2. The van der Waals surface area contributed by atoms with Gasteiger partial charge in [-0.3, -0.25) is 4.72 Å². The molecule has 2 aromatic rings.